The number of imidazole rings is 1. The first kappa shape index (κ1) is 16.1. The molecule has 0 aliphatic rings. The number of hydrogen-bond donors (Lipinski definition) is 1. The third-order valence-electron chi connectivity index (χ3n) is 4.04. The van der Waals surface area contributed by atoms with Gasteiger partial charge in [-0.1, -0.05) is 0 Å². The molecule has 0 saturated carbocycles. The van der Waals surface area contributed by atoms with Gasteiger partial charge in [0.05, 0.1) is 27.8 Å². The van der Waals surface area contributed by atoms with E-state index in [1.165, 1.54) is 12.1 Å². The summed E-state index contributed by atoms with van der Waals surface area (Å²) >= 11 is 0. The summed E-state index contributed by atoms with van der Waals surface area (Å²) < 4.78 is 7.42. The van der Waals surface area contributed by atoms with Gasteiger partial charge in [-0.3, -0.25) is 14.8 Å². The van der Waals surface area contributed by atoms with Crippen LogP contribution in [0.5, 0.6) is 0 Å². The molecule has 1 aromatic carbocycles. The number of fused-ring (bicyclic) bond motifs is 1. The van der Waals surface area contributed by atoms with Crippen LogP contribution < -0.4 is 0 Å². The van der Waals surface area contributed by atoms with Crippen molar-refractivity contribution in [2.75, 3.05) is 0 Å². The van der Waals surface area contributed by atoms with Crippen LogP contribution in [-0.4, -0.2) is 24.7 Å². The van der Waals surface area contributed by atoms with Crippen molar-refractivity contribution in [2.24, 2.45) is 0 Å². The van der Waals surface area contributed by atoms with Crippen LogP contribution in [0.2, 0.25) is 0 Å². The second-order valence-corrected chi connectivity index (χ2v) is 7.02. The third-order valence-corrected chi connectivity index (χ3v) is 4.04. The molecule has 0 aliphatic carbocycles. The Balaban J connectivity index is 1.85. The number of nitrogens with zero attached hydrogens (tertiary/aromatic N) is 4. The number of aromatic nitrogens is 4. The first-order valence-electron chi connectivity index (χ1n) is 8.12. The van der Waals surface area contributed by atoms with Crippen LogP contribution in [0.4, 0.5) is 5.69 Å². The van der Waals surface area contributed by atoms with Gasteiger partial charge in [0.25, 0.3) is 5.69 Å². The van der Waals surface area contributed by atoms with E-state index in [-0.39, 0.29) is 11.2 Å². The highest BCUT2D eigenvalue weighted by Crippen LogP contribution is 2.31. The van der Waals surface area contributed by atoms with Gasteiger partial charge in [0.2, 0.25) is 0 Å². The Morgan fingerprint density at radius 2 is 2.04 bits per heavy atom. The molecule has 4 aromatic rings. The Kier molecular flexibility index (Phi) is 3.43. The summed E-state index contributed by atoms with van der Waals surface area (Å²) in [5.41, 5.74) is 2.48. The van der Waals surface area contributed by atoms with Crippen molar-refractivity contribution >= 4 is 16.7 Å². The van der Waals surface area contributed by atoms with E-state index in [9.17, 15) is 10.1 Å². The second-order valence-electron chi connectivity index (χ2n) is 7.02. The molecule has 0 amide bonds. The number of hydrogen-bond acceptors (Lipinski definition) is 5. The smallest absolute Gasteiger partial charge is 0.271 e. The predicted molar refractivity (Wildman–Crippen MR) is 96.7 cm³/mol. The fourth-order valence-corrected chi connectivity index (χ4v) is 2.84. The molecule has 0 spiro atoms. The molecule has 4 rings (SSSR count). The molecule has 0 atom stereocenters. The maximum Gasteiger partial charge on any atom is 0.271 e. The van der Waals surface area contributed by atoms with Crippen molar-refractivity contribution < 1.29 is 9.34 Å². The Bertz CT molecular complexity index is 1100. The Hall–Kier alpha value is -3.42. The number of benzene rings is 1. The first-order chi connectivity index (χ1) is 12.3. The molecular formula is C18H17N5O3. The van der Waals surface area contributed by atoms with Gasteiger partial charge in [0, 0.05) is 12.1 Å². The number of rotatable bonds is 3. The topological polar surface area (TPSA) is 103 Å². The molecule has 8 heteroatoms. The Morgan fingerprint density at radius 1 is 1.23 bits per heavy atom. The SMILES string of the molecule is CC(C)(C)n1nc(-c2nc3ccc([N+](=O)[O-])cc3[nH]2)cc1-c1ccco1. The maximum absolute atomic E-state index is 11.0. The molecule has 3 aromatic heterocycles. The van der Waals surface area contributed by atoms with E-state index in [1.54, 1.807) is 12.3 Å². The summed E-state index contributed by atoms with van der Waals surface area (Å²) in [6.07, 6.45) is 1.62. The van der Waals surface area contributed by atoms with Crippen LogP contribution >= 0.6 is 0 Å². The summed E-state index contributed by atoms with van der Waals surface area (Å²) in [6, 6.07) is 10.1. The fourth-order valence-electron chi connectivity index (χ4n) is 2.84. The average molecular weight is 351 g/mol. The van der Waals surface area contributed by atoms with Gasteiger partial charge in [-0.2, -0.15) is 5.10 Å². The van der Waals surface area contributed by atoms with Crippen LogP contribution in [0.1, 0.15) is 20.8 Å². The number of H-pyrrole nitrogens is 1. The van der Waals surface area contributed by atoms with E-state index in [4.69, 9.17) is 4.42 Å². The van der Waals surface area contributed by atoms with E-state index in [0.717, 1.165) is 5.69 Å². The number of furan rings is 1. The van der Waals surface area contributed by atoms with Crippen molar-refractivity contribution in [1.29, 1.82) is 0 Å². The number of non-ortho nitro benzene ring substituents is 1. The summed E-state index contributed by atoms with van der Waals surface area (Å²) in [7, 11) is 0. The quantitative estimate of drug-likeness (QED) is 0.436. The molecule has 1 N–H and O–H groups in total. The maximum atomic E-state index is 11.0. The first-order valence-corrected chi connectivity index (χ1v) is 8.12. The largest absolute Gasteiger partial charge is 0.463 e. The lowest BCUT2D eigenvalue weighted by molar-refractivity contribution is -0.384. The highest BCUT2D eigenvalue weighted by molar-refractivity contribution is 5.81. The van der Waals surface area contributed by atoms with Crippen molar-refractivity contribution in [3.05, 3.63) is 52.8 Å². The van der Waals surface area contributed by atoms with Crippen molar-refractivity contribution in [1.82, 2.24) is 19.7 Å². The molecule has 132 valence electrons. The van der Waals surface area contributed by atoms with Gasteiger partial charge in [-0.15, -0.1) is 0 Å². The minimum Gasteiger partial charge on any atom is -0.463 e. The average Bonchev–Trinajstić information content (AvgIpc) is 3.30. The molecule has 3 heterocycles. The van der Waals surface area contributed by atoms with Crippen LogP contribution in [0.25, 0.3) is 34.0 Å². The van der Waals surface area contributed by atoms with Crippen molar-refractivity contribution in [2.45, 2.75) is 26.3 Å². The highest BCUT2D eigenvalue weighted by Gasteiger charge is 2.23. The predicted octanol–water partition coefficient (Wildman–Crippen LogP) is 4.35. The lowest BCUT2D eigenvalue weighted by Crippen LogP contribution is -2.24. The summed E-state index contributed by atoms with van der Waals surface area (Å²) in [4.78, 5) is 18.2. The van der Waals surface area contributed by atoms with Crippen LogP contribution in [0.15, 0.2) is 47.1 Å². The van der Waals surface area contributed by atoms with Crippen LogP contribution in [-0.2, 0) is 5.54 Å². The molecular weight excluding hydrogens is 334 g/mol. The molecule has 0 saturated heterocycles. The second kappa shape index (κ2) is 5.55. The van der Waals surface area contributed by atoms with Gasteiger partial charge in [0.1, 0.15) is 11.4 Å². The third kappa shape index (κ3) is 2.65. The summed E-state index contributed by atoms with van der Waals surface area (Å²) in [6.45, 7) is 6.16. The van der Waals surface area contributed by atoms with Gasteiger partial charge in [-0.05, 0) is 45.0 Å². The number of nitrogens with one attached hydrogen (secondary N) is 1. The molecule has 0 fully saturated rings. The zero-order valence-electron chi connectivity index (χ0n) is 14.6. The van der Waals surface area contributed by atoms with Gasteiger partial charge in [-0.25, -0.2) is 4.98 Å². The fraction of sp³-hybridized carbons (Fsp3) is 0.222. The molecule has 26 heavy (non-hydrogen) atoms. The number of aromatic amines is 1. The van der Waals surface area contributed by atoms with Crippen molar-refractivity contribution in [3.8, 4) is 23.0 Å². The molecule has 8 nitrogen and oxygen atoms in total. The van der Waals surface area contributed by atoms with Crippen LogP contribution in [0.3, 0.4) is 0 Å². The molecule has 0 unspecified atom stereocenters. The normalized spacial score (nSPS) is 12.0. The molecule has 0 aliphatic heterocycles. The molecule has 0 radical (unpaired) electrons. The van der Waals surface area contributed by atoms with E-state index in [2.05, 4.69) is 35.8 Å². The molecule has 0 bridgehead atoms. The lowest BCUT2D eigenvalue weighted by Gasteiger charge is -2.21. The van der Waals surface area contributed by atoms with E-state index >= 15 is 0 Å². The van der Waals surface area contributed by atoms with Crippen LogP contribution in [0, 0.1) is 10.1 Å². The summed E-state index contributed by atoms with van der Waals surface area (Å²) in [5, 5.41) is 15.6. The monoisotopic (exact) mass is 351 g/mol. The highest BCUT2D eigenvalue weighted by atomic mass is 16.6. The Labute approximate surface area is 148 Å². The number of nitro groups is 1. The van der Waals surface area contributed by atoms with E-state index in [0.29, 0.717) is 28.3 Å². The number of nitro benzene ring substituents is 1. The zero-order chi connectivity index (χ0) is 18.5. The zero-order valence-corrected chi connectivity index (χ0v) is 14.6. The van der Waals surface area contributed by atoms with E-state index in [1.807, 2.05) is 22.9 Å². The van der Waals surface area contributed by atoms with Crippen molar-refractivity contribution in [3.63, 3.8) is 0 Å². The lowest BCUT2D eigenvalue weighted by atomic mass is 10.1. The minimum atomic E-state index is -0.427. The summed E-state index contributed by atoms with van der Waals surface area (Å²) in [5.74, 6) is 1.27. The minimum absolute atomic E-state index is 0.0178. The Morgan fingerprint density at radius 3 is 2.69 bits per heavy atom. The standard InChI is InChI=1S/C18H17N5O3/c1-18(2,3)22-15(16-5-4-8-26-16)10-14(21-22)17-19-12-7-6-11(23(24)25)9-13(12)20-17/h4-10H,1-3H3,(H,19,20). The van der Waals surface area contributed by atoms with E-state index < -0.39 is 4.92 Å². The van der Waals surface area contributed by atoms with Gasteiger partial charge >= 0.3 is 0 Å². The van der Waals surface area contributed by atoms with Gasteiger partial charge < -0.3 is 9.40 Å². The van der Waals surface area contributed by atoms with Gasteiger partial charge in [0.15, 0.2) is 11.6 Å².